The van der Waals surface area contributed by atoms with Crippen molar-refractivity contribution in [2.45, 2.75) is 150 Å². The summed E-state index contributed by atoms with van der Waals surface area (Å²) >= 11 is 6.42. The molecule has 0 amide bonds. The fraction of sp³-hybridized carbons (Fsp3) is 0.352. The fourth-order valence-electron chi connectivity index (χ4n) is 15.1. The number of halogens is 1. The molecule has 2 fully saturated rings. The Morgan fingerprint density at radius 1 is 0.476 bits per heavy atom. The molecular formula is C88H95ClN30O5. The molecule has 3 aromatic carbocycles. The van der Waals surface area contributed by atoms with Crippen LogP contribution in [0.3, 0.4) is 0 Å². The Bertz CT molecular complexity index is 6430. The van der Waals surface area contributed by atoms with Crippen molar-refractivity contribution in [3.8, 4) is 51.4 Å². The molecule has 3 aliphatic rings. The zero-order valence-electron chi connectivity index (χ0n) is 71.7. The largest absolute Gasteiger partial charge is 0.494 e. The van der Waals surface area contributed by atoms with Crippen molar-refractivity contribution in [1.82, 2.24) is 110 Å². The molecule has 11 aromatic heterocycles. The van der Waals surface area contributed by atoms with Gasteiger partial charge < -0.3 is 59.9 Å². The predicted molar refractivity (Wildman–Crippen MR) is 474 cm³/mol. The number of nitrogen functional groups attached to an aromatic ring is 1. The van der Waals surface area contributed by atoms with Gasteiger partial charge in [0, 0.05) is 37.5 Å². The van der Waals surface area contributed by atoms with Crippen LogP contribution >= 0.6 is 11.6 Å². The molecule has 0 saturated carbocycles. The number of nitrogens with zero attached hydrogens (tertiary/aromatic N) is 26. The summed E-state index contributed by atoms with van der Waals surface area (Å²) in [4.78, 5) is 57.2. The second-order valence-corrected chi connectivity index (χ2v) is 31.1. The van der Waals surface area contributed by atoms with Crippen LogP contribution in [0, 0.1) is 33.6 Å². The Kier molecular flexibility index (Phi) is 26.5. The van der Waals surface area contributed by atoms with Gasteiger partial charge in [0.25, 0.3) is 17.5 Å². The highest BCUT2D eigenvalue weighted by molar-refractivity contribution is 6.30. The number of rotatable bonds is 21. The van der Waals surface area contributed by atoms with Gasteiger partial charge in [0.15, 0.2) is 28.5 Å². The summed E-state index contributed by atoms with van der Waals surface area (Å²) in [6.07, 6.45) is 7.54. The number of hydrogen-bond donors (Lipinski definition) is 4. The van der Waals surface area contributed by atoms with E-state index in [1.165, 1.54) is 14.4 Å². The number of methoxy groups -OCH3 is 3. The molecule has 14 heterocycles. The van der Waals surface area contributed by atoms with Gasteiger partial charge in [-0.2, -0.15) is 14.4 Å². The van der Waals surface area contributed by atoms with E-state index in [0.29, 0.717) is 112 Å². The normalized spacial score (nSPS) is 14.1. The number of para-hydroxylation sites is 3. The van der Waals surface area contributed by atoms with Crippen molar-refractivity contribution < 1.29 is 23.7 Å². The SMILES string of the molecule is COc1c(Nc2cc(Cl)nc3c2nc(C)n3C2CCCCO2)cccc1-c1nnn(C)n1.[C-]#[N+]c1nc(Cc2cc(Nc3cccc(-c4nnn(C)n4)c3OC)c3c(n2)CC(C)=N3)ccc1C(C)C.[C-]#[N+]c1nc(Cc2cc(Nc3cccc(-c4nnn(C)n4)c3OC)c3nc(C)n(C4CCCCO4)c3n2)ccc1C(C)C.[C-]#[N+]c1nc(N)ccc1C(C)C. The molecule has 0 radical (unpaired) electrons. The van der Waals surface area contributed by atoms with Crippen molar-refractivity contribution in [3.05, 3.63) is 205 Å². The van der Waals surface area contributed by atoms with Gasteiger partial charge in [-0.1, -0.05) is 109 Å². The lowest BCUT2D eigenvalue weighted by atomic mass is 10.0. The highest BCUT2D eigenvalue weighted by Gasteiger charge is 2.30. The van der Waals surface area contributed by atoms with Crippen molar-refractivity contribution >= 4 is 103 Å². The van der Waals surface area contributed by atoms with Crippen LogP contribution in [0.4, 0.5) is 63.1 Å². The summed E-state index contributed by atoms with van der Waals surface area (Å²) in [6.45, 7) is 41.8. The minimum atomic E-state index is -0.132. The molecule has 5 N–H and O–H groups in total. The molecule has 35 nitrogen and oxygen atoms in total. The number of hydrogen-bond acceptors (Lipinski definition) is 27. The number of tetrazole rings is 3. The van der Waals surface area contributed by atoms with E-state index in [1.807, 2.05) is 136 Å². The Labute approximate surface area is 721 Å². The smallest absolute Gasteiger partial charge is 0.275 e. The van der Waals surface area contributed by atoms with Gasteiger partial charge in [-0.15, -0.1) is 45.5 Å². The third-order valence-electron chi connectivity index (χ3n) is 20.9. The third kappa shape index (κ3) is 19.0. The Balaban J connectivity index is 0.000000143. The summed E-state index contributed by atoms with van der Waals surface area (Å²) in [5.41, 5.74) is 23.8. The first-order valence-corrected chi connectivity index (χ1v) is 41.0. The van der Waals surface area contributed by atoms with E-state index in [-0.39, 0.29) is 24.3 Å². The molecule has 2 saturated heterocycles. The quantitative estimate of drug-likeness (QED) is 0.0383. The Morgan fingerprint density at radius 3 is 1.28 bits per heavy atom. The molecule has 36 heteroatoms. The third-order valence-corrected chi connectivity index (χ3v) is 21.1. The second kappa shape index (κ2) is 38.2. The average molecular weight is 1690 g/mol. The summed E-state index contributed by atoms with van der Waals surface area (Å²) in [7, 11) is 10.0. The van der Waals surface area contributed by atoms with E-state index < -0.39 is 0 Å². The predicted octanol–water partition coefficient (Wildman–Crippen LogP) is 17.7. The number of imidazole rings is 2. The minimum Gasteiger partial charge on any atom is -0.494 e. The fourth-order valence-corrected chi connectivity index (χ4v) is 15.3. The molecule has 3 aliphatic heterocycles. The van der Waals surface area contributed by atoms with E-state index >= 15 is 0 Å². The summed E-state index contributed by atoms with van der Waals surface area (Å²) in [5.74, 6) is 7.33. The first-order valence-electron chi connectivity index (χ1n) is 40.6. The van der Waals surface area contributed by atoms with Crippen LogP contribution in [0.1, 0.15) is 174 Å². The van der Waals surface area contributed by atoms with Crippen LogP contribution in [-0.4, -0.2) is 150 Å². The highest BCUT2D eigenvalue weighted by Crippen LogP contribution is 2.45. The van der Waals surface area contributed by atoms with Crippen LogP contribution in [-0.2, 0) is 49.9 Å². The number of fused-ring (bicyclic) bond motifs is 3. The molecule has 0 aliphatic carbocycles. The number of aliphatic imine (C=N–C) groups is 1. The van der Waals surface area contributed by atoms with Gasteiger partial charge in [0.1, 0.15) is 57.4 Å². The maximum Gasteiger partial charge on any atom is 0.275 e. The van der Waals surface area contributed by atoms with Crippen LogP contribution < -0.4 is 35.9 Å². The molecule has 14 aromatic rings. The van der Waals surface area contributed by atoms with Gasteiger partial charge in [-0.3, -0.25) is 19.1 Å². The zero-order chi connectivity index (χ0) is 87.6. The number of nitrogens with two attached hydrogens (primary N) is 1. The lowest BCUT2D eigenvalue weighted by Gasteiger charge is -2.25. The van der Waals surface area contributed by atoms with Crippen molar-refractivity contribution in [1.29, 1.82) is 0 Å². The average Bonchev–Trinajstić information content (AvgIpc) is 1.63. The molecule has 124 heavy (non-hydrogen) atoms. The molecule has 634 valence electrons. The number of ether oxygens (including phenoxy) is 5. The van der Waals surface area contributed by atoms with Gasteiger partial charge in [-0.25, -0.2) is 19.9 Å². The molecule has 2 atom stereocenters. The molecular weight excluding hydrogens is 1590 g/mol. The van der Waals surface area contributed by atoms with Crippen molar-refractivity contribution in [2.75, 3.05) is 56.2 Å². The van der Waals surface area contributed by atoms with Gasteiger partial charge in [-0.05, 0) is 170 Å². The van der Waals surface area contributed by atoms with E-state index in [1.54, 1.807) is 54.6 Å². The monoisotopic (exact) mass is 1690 g/mol. The highest BCUT2D eigenvalue weighted by atomic mass is 35.5. The summed E-state index contributed by atoms with van der Waals surface area (Å²) in [5, 5.41) is 48.1. The lowest BCUT2D eigenvalue weighted by molar-refractivity contribution is -0.0310. The number of aromatic nitrogens is 22. The van der Waals surface area contributed by atoms with E-state index in [0.717, 1.165) is 170 Å². The molecule has 2 unspecified atom stereocenters. The topological polar surface area (TPSA) is 377 Å². The minimum absolute atomic E-state index is 0.0897. The lowest BCUT2D eigenvalue weighted by Crippen LogP contribution is -2.19. The number of benzene rings is 3. The molecule has 0 bridgehead atoms. The zero-order valence-corrected chi connectivity index (χ0v) is 72.4. The first-order chi connectivity index (χ1) is 59.9. The van der Waals surface area contributed by atoms with E-state index in [4.69, 9.17) is 85.7 Å². The van der Waals surface area contributed by atoms with Crippen LogP contribution in [0.5, 0.6) is 17.2 Å². The van der Waals surface area contributed by atoms with Crippen LogP contribution in [0.25, 0.3) is 71.0 Å². The number of anilines is 7. The summed E-state index contributed by atoms with van der Waals surface area (Å²) in [6, 6.07) is 34.5. The van der Waals surface area contributed by atoms with Gasteiger partial charge in [0.2, 0.25) is 23.3 Å². The number of nitrogens with one attached hydrogen (secondary N) is 3. The molecule has 17 rings (SSSR count). The van der Waals surface area contributed by atoms with Crippen LogP contribution in [0.15, 0.2) is 114 Å². The molecule has 0 spiro atoms. The van der Waals surface area contributed by atoms with Crippen LogP contribution in [0.2, 0.25) is 5.15 Å². The maximum absolute atomic E-state index is 7.67. The number of pyridine rings is 6. The Hall–Kier alpha value is -14.3. The summed E-state index contributed by atoms with van der Waals surface area (Å²) < 4.78 is 33.6. The van der Waals surface area contributed by atoms with Crippen molar-refractivity contribution in [2.24, 2.45) is 26.1 Å². The second-order valence-electron chi connectivity index (χ2n) is 30.8. The number of aryl methyl sites for hydroxylation is 5. The van der Waals surface area contributed by atoms with E-state index in [2.05, 4.69) is 129 Å². The Morgan fingerprint density at radius 2 is 0.879 bits per heavy atom. The van der Waals surface area contributed by atoms with Crippen molar-refractivity contribution in [3.63, 3.8) is 0 Å². The maximum atomic E-state index is 7.67. The van der Waals surface area contributed by atoms with Gasteiger partial charge >= 0.3 is 0 Å². The van der Waals surface area contributed by atoms with Gasteiger partial charge in [0.05, 0.1) is 123 Å². The first kappa shape index (κ1) is 86.1. The van der Waals surface area contributed by atoms with E-state index in [9.17, 15) is 0 Å². The standard InChI is InChI=1S/C31H34N10O2.C27H27N9O.C21H23ClN8O2.C9H11N3/c1-18(2)22-14-13-20(34-29(22)32-4)16-21-17-25(27-31(35-21)41(19(3)33-27)26-12-7-8-15-43-26)36-24-11-9-10-23(28(24)42-6)30-37-39-40(5)38-30;1-15(2)19-11-10-17(31-26(19)28-4)13-18-14-23(24-22(30-18)12-16(3)29-24)32-21-9-7-8-20(25(21)37-6)27-33-35-36(5)34-27;1-12-23-18-15(11-16(22)25-21(18)30(12)17-9-4-5-10-32-17)24-14-8-6-7-13(19(14)31-3)20-26-28-29(2)27-20;1-6(2)7-4-5-8(10)12-9(7)11-3/h9-11,13-14,17-18,26H,7-8,12,15-16H2,1-3,5-6H3,(H,35,36);7-11,14-15H,12-13H2,1-3,5-6H3,(H,30,32);6-8,11,17H,4-5,9-10H2,1-3H3,(H,24,25);4-6H,1-2H3,(H2,10,12).